The Bertz CT molecular complexity index is 958. The molecule has 0 atom stereocenters. The number of esters is 1. The highest BCUT2D eigenvalue weighted by Crippen LogP contribution is 2.51. The maximum absolute atomic E-state index is 12.3. The molecule has 28 heavy (non-hydrogen) atoms. The van der Waals surface area contributed by atoms with Gasteiger partial charge in [0.25, 0.3) is 0 Å². The summed E-state index contributed by atoms with van der Waals surface area (Å²) in [7, 11) is 4.43. The van der Waals surface area contributed by atoms with Crippen LogP contribution in [0.5, 0.6) is 17.2 Å². The van der Waals surface area contributed by atoms with Crippen molar-refractivity contribution in [2.24, 2.45) is 0 Å². The summed E-state index contributed by atoms with van der Waals surface area (Å²) >= 11 is 0. The lowest BCUT2D eigenvalue weighted by Gasteiger charge is -2.22. The van der Waals surface area contributed by atoms with Crippen molar-refractivity contribution in [1.82, 2.24) is 0 Å². The van der Waals surface area contributed by atoms with Gasteiger partial charge in [0.1, 0.15) is 0 Å². The Morgan fingerprint density at radius 3 is 2.29 bits per heavy atom. The van der Waals surface area contributed by atoms with Crippen LogP contribution in [0.15, 0.2) is 30.3 Å². The second-order valence-corrected chi connectivity index (χ2v) is 7.02. The van der Waals surface area contributed by atoms with Crippen molar-refractivity contribution >= 4 is 11.8 Å². The van der Waals surface area contributed by atoms with Gasteiger partial charge >= 0.3 is 5.97 Å². The van der Waals surface area contributed by atoms with Crippen molar-refractivity contribution in [3.63, 3.8) is 0 Å². The molecule has 2 aliphatic carbocycles. The summed E-state index contributed by atoms with van der Waals surface area (Å²) in [5.41, 5.74) is 2.40. The van der Waals surface area contributed by atoms with Crippen molar-refractivity contribution in [3.05, 3.63) is 41.5 Å². The molecule has 0 bridgehead atoms. The second kappa shape index (κ2) is 6.86. The zero-order valence-corrected chi connectivity index (χ0v) is 16.2. The van der Waals surface area contributed by atoms with E-state index >= 15 is 0 Å². The predicted molar refractivity (Wildman–Crippen MR) is 102 cm³/mol. The smallest absolute Gasteiger partial charge is 0.350 e. The summed E-state index contributed by atoms with van der Waals surface area (Å²) in [5, 5.41) is 0. The normalized spacial score (nSPS) is 16.3. The summed E-state index contributed by atoms with van der Waals surface area (Å²) < 4.78 is 22.2. The number of rotatable bonds is 6. The fraction of sp³-hybridized carbons (Fsp3) is 0.364. The van der Waals surface area contributed by atoms with E-state index in [0.29, 0.717) is 42.9 Å². The minimum absolute atomic E-state index is 0.146. The Labute approximate surface area is 163 Å². The molecule has 1 saturated carbocycles. The number of hydrogen-bond acceptors (Lipinski definition) is 6. The van der Waals surface area contributed by atoms with E-state index in [0.717, 1.165) is 22.3 Å². The van der Waals surface area contributed by atoms with Gasteiger partial charge in [-0.05, 0) is 29.7 Å². The van der Waals surface area contributed by atoms with Crippen molar-refractivity contribution in [3.8, 4) is 28.4 Å². The van der Waals surface area contributed by atoms with Crippen LogP contribution in [-0.4, -0.2) is 38.7 Å². The van der Waals surface area contributed by atoms with E-state index in [1.54, 1.807) is 13.2 Å². The molecule has 0 radical (unpaired) electrons. The van der Waals surface area contributed by atoms with E-state index in [1.807, 2.05) is 24.3 Å². The molecule has 1 fully saturated rings. The zero-order valence-electron chi connectivity index (χ0n) is 16.2. The van der Waals surface area contributed by atoms with E-state index in [4.69, 9.17) is 18.9 Å². The van der Waals surface area contributed by atoms with E-state index in [1.165, 1.54) is 14.2 Å². The molecule has 0 N–H and O–H groups in total. The second-order valence-electron chi connectivity index (χ2n) is 7.02. The molecule has 0 amide bonds. The van der Waals surface area contributed by atoms with Crippen LogP contribution in [0.1, 0.15) is 35.2 Å². The number of carbonyl (C=O) groups excluding carboxylic acids is 2. The van der Waals surface area contributed by atoms with Gasteiger partial charge in [-0.1, -0.05) is 18.2 Å². The van der Waals surface area contributed by atoms with Gasteiger partial charge in [-0.3, -0.25) is 4.79 Å². The Balaban J connectivity index is 1.89. The average Bonchev–Trinajstić information content (AvgIpc) is 3.42. The minimum atomic E-state index is -1.00. The maximum atomic E-state index is 12.3. The zero-order chi connectivity index (χ0) is 19.9. The maximum Gasteiger partial charge on any atom is 0.350 e. The summed E-state index contributed by atoms with van der Waals surface area (Å²) in [4.78, 5) is 24.5. The van der Waals surface area contributed by atoms with E-state index in [9.17, 15) is 9.59 Å². The first-order valence-electron chi connectivity index (χ1n) is 9.22. The number of fused-ring (bicyclic) bond motifs is 1. The third kappa shape index (κ3) is 2.80. The number of ketones is 1. The van der Waals surface area contributed by atoms with E-state index in [-0.39, 0.29) is 5.78 Å². The molecule has 0 spiro atoms. The van der Waals surface area contributed by atoms with Crippen molar-refractivity contribution in [2.75, 3.05) is 21.3 Å². The van der Waals surface area contributed by atoms with Gasteiger partial charge in [-0.2, -0.15) is 0 Å². The van der Waals surface area contributed by atoms with Crippen LogP contribution in [0.3, 0.4) is 0 Å². The third-order valence-corrected chi connectivity index (χ3v) is 5.43. The third-order valence-electron chi connectivity index (χ3n) is 5.43. The Kier molecular flexibility index (Phi) is 4.49. The van der Waals surface area contributed by atoms with Gasteiger partial charge in [0.15, 0.2) is 17.3 Å². The molecule has 0 heterocycles. The Hall–Kier alpha value is -3.02. The molecule has 2 aromatic rings. The summed E-state index contributed by atoms with van der Waals surface area (Å²) in [6.45, 7) is 0. The molecule has 146 valence electrons. The number of Topliss-reactive ketones (excluding diaryl/α,β-unsaturated/α-hetero) is 1. The Morgan fingerprint density at radius 1 is 0.893 bits per heavy atom. The van der Waals surface area contributed by atoms with Gasteiger partial charge in [0.2, 0.25) is 11.4 Å². The van der Waals surface area contributed by atoms with Gasteiger partial charge in [-0.15, -0.1) is 0 Å². The molecular formula is C22H22O6. The lowest BCUT2D eigenvalue weighted by atomic mass is 9.95. The molecule has 2 aliphatic rings. The molecule has 0 saturated heterocycles. The molecule has 0 aromatic heterocycles. The number of hydrogen-bond donors (Lipinski definition) is 0. The lowest BCUT2D eigenvalue weighted by Crippen LogP contribution is -2.31. The highest BCUT2D eigenvalue weighted by Gasteiger charge is 2.55. The first-order valence-corrected chi connectivity index (χ1v) is 9.22. The van der Waals surface area contributed by atoms with Gasteiger partial charge in [0.05, 0.1) is 21.3 Å². The van der Waals surface area contributed by atoms with Crippen LogP contribution >= 0.6 is 0 Å². The SMILES string of the molecule is COC(=O)C1(Oc2c(-c3cccc4c3CCC4=O)ccc(OC)c2OC)CC1. The van der Waals surface area contributed by atoms with Crippen molar-refractivity contribution < 1.29 is 28.5 Å². The van der Waals surface area contributed by atoms with Crippen LogP contribution in [0.4, 0.5) is 0 Å². The molecule has 6 heteroatoms. The number of methoxy groups -OCH3 is 3. The first kappa shape index (κ1) is 18.3. The topological polar surface area (TPSA) is 71.1 Å². The average molecular weight is 382 g/mol. The summed E-state index contributed by atoms with van der Waals surface area (Å²) in [6, 6.07) is 9.36. The van der Waals surface area contributed by atoms with Crippen LogP contribution in [0, 0.1) is 0 Å². The molecule has 0 unspecified atom stereocenters. The fourth-order valence-corrected chi connectivity index (χ4v) is 3.80. The molecule has 2 aromatic carbocycles. The van der Waals surface area contributed by atoms with E-state index < -0.39 is 11.6 Å². The number of ether oxygens (including phenoxy) is 4. The fourth-order valence-electron chi connectivity index (χ4n) is 3.80. The van der Waals surface area contributed by atoms with Crippen LogP contribution < -0.4 is 14.2 Å². The summed E-state index contributed by atoms with van der Waals surface area (Å²) in [6.07, 6.45) is 2.33. The standard InChI is InChI=1S/C22H22O6/c1-25-18-10-8-16(13-5-4-6-15-14(13)7-9-17(15)23)19(20(18)26-2)28-22(11-12-22)21(24)27-3/h4-6,8,10H,7,9,11-12H2,1-3H3. The highest BCUT2D eigenvalue weighted by molar-refractivity contribution is 6.02. The van der Waals surface area contributed by atoms with Gasteiger partial charge in [-0.25, -0.2) is 4.79 Å². The minimum Gasteiger partial charge on any atom is -0.493 e. The van der Waals surface area contributed by atoms with E-state index in [2.05, 4.69) is 0 Å². The van der Waals surface area contributed by atoms with Crippen LogP contribution in [0.2, 0.25) is 0 Å². The van der Waals surface area contributed by atoms with Crippen molar-refractivity contribution in [1.29, 1.82) is 0 Å². The Morgan fingerprint density at radius 2 is 1.64 bits per heavy atom. The number of benzene rings is 2. The quantitative estimate of drug-likeness (QED) is 0.711. The lowest BCUT2D eigenvalue weighted by molar-refractivity contribution is -0.151. The largest absolute Gasteiger partial charge is 0.493 e. The summed E-state index contributed by atoms with van der Waals surface area (Å²) in [5.74, 6) is 1.09. The first-order chi connectivity index (χ1) is 13.5. The molecular weight excluding hydrogens is 360 g/mol. The van der Waals surface area contributed by atoms with Crippen LogP contribution in [0.25, 0.3) is 11.1 Å². The number of carbonyl (C=O) groups is 2. The van der Waals surface area contributed by atoms with Crippen LogP contribution in [-0.2, 0) is 16.0 Å². The molecule has 4 rings (SSSR count). The molecule has 6 nitrogen and oxygen atoms in total. The molecule has 0 aliphatic heterocycles. The van der Waals surface area contributed by atoms with Crippen molar-refractivity contribution in [2.45, 2.75) is 31.3 Å². The highest BCUT2D eigenvalue weighted by atomic mass is 16.6. The predicted octanol–water partition coefficient (Wildman–Crippen LogP) is 3.58. The van der Waals surface area contributed by atoms with Gasteiger partial charge in [0, 0.05) is 30.4 Å². The monoisotopic (exact) mass is 382 g/mol. The van der Waals surface area contributed by atoms with Gasteiger partial charge < -0.3 is 18.9 Å².